The van der Waals surface area contributed by atoms with Crippen molar-refractivity contribution in [1.82, 2.24) is 19.9 Å². The Labute approximate surface area is 177 Å². The van der Waals surface area contributed by atoms with Crippen molar-refractivity contribution in [2.24, 2.45) is 0 Å². The molecule has 0 bridgehead atoms. The Hall–Kier alpha value is -3.12. The molecule has 166 valence electrons. The Balaban J connectivity index is 1.73. The SMILES string of the molecule is Cc1nc2nc(N)[nH]c(=O)c2nc1C(C)Nc1ccc(C[C@H](O)[C@H](O)[C@H](O)CO)cc1. The molecule has 0 aliphatic heterocycles. The van der Waals surface area contributed by atoms with Crippen molar-refractivity contribution in [2.45, 2.75) is 44.6 Å². The Kier molecular flexibility index (Phi) is 6.81. The number of anilines is 2. The van der Waals surface area contributed by atoms with Crippen molar-refractivity contribution >= 4 is 22.8 Å². The molecule has 3 aromatic rings. The molecule has 2 aromatic heterocycles. The van der Waals surface area contributed by atoms with E-state index < -0.39 is 30.5 Å². The largest absolute Gasteiger partial charge is 0.394 e. The van der Waals surface area contributed by atoms with Crippen LogP contribution in [0.4, 0.5) is 11.6 Å². The van der Waals surface area contributed by atoms with E-state index in [1.165, 1.54) is 0 Å². The number of aliphatic hydroxyl groups is 4. The normalized spacial score (nSPS) is 15.4. The number of rotatable bonds is 8. The van der Waals surface area contributed by atoms with Crippen molar-refractivity contribution in [3.05, 3.63) is 51.6 Å². The topological polar surface area (TPSA) is 190 Å². The number of aromatic amines is 1. The maximum Gasteiger partial charge on any atom is 0.280 e. The lowest BCUT2D eigenvalue weighted by Crippen LogP contribution is -2.40. The molecule has 31 heavy (non-hydrogen) atoms. The van der Waals surface area contributed by atoms with E-state index in [9.17, 15) is 20.1 Å². The fraction of sp³-hybridized carbons (Fsp3) is 0.400. The van der Waals surface area contributed by atoms with Gasteiger partial charge in [0.1, 0.15) is 12.2 Å². The van der Waals surface area contributed by atoms with Crippen molar-refractivity contribution in [3.8, 4) is 0 Å². The van der Waals surface area contributed by atoms with Crippen LogP contribution in [0.3, 0.4) is 0 Å². The van der Waals surface area contributed by atoms with E-state index in [-0.39, 0.29) is 29.6 Å². The summed E-state index contributed by atoms with van der Waals surface area (Å²) in [4.78, 5) is 27.3. The molecule has 0 radical (unpaired) electrons. The van der Waals surface area contributed by atoms with Crippen molar-refractivity contribution < 1.29 is 20.4 Å². The number of aryl methyl sites for hydroxylation is 1. The summed E-state index contributed by atoms with van der Waals surface area (Å²) in [7, 11) is 0. The molecule has 0 aliphatic carbocycles. The lowest BCUT2D eigenvalue weighted by molar-refractivity contribution is -0.0755. The number of nitrogens with two attached hydrogens (primary N) is 1. The number of hydrogen-bond donors (Lipinski definition) is 7. The van der Waals surface area contributed by atoms with Gasteiger partial charge in [-0.15, -0.1) is 0 Å². The van der Waals surface area contributed by atoms with Gasteiger partial charge < -0.3 is 31.5 Å². The molecule has 0 amide bonds. The number of aliphatic hydroxyl groups excluding tert-OH is 4. The van der Waals surface area contributed by atoms with Crippen LogP contribution in [0, 0.1) is 6.92 Å². The second-order valence-electron chi connectivity index (χ2n) is 7.39. The summed E-state index contributed by atoms with van der Waals surface area (Å²) in [5, 5.41) is 41.3. The number of benzene rings is 1. The van der Waals surface area contributed by atoms with Gasteiger partial charge in [0, 0.05) is 12.1 Å². The Bertz CT molecular complexity index is 1100. The average molecular weight is 430 g/mol. The van der Waals surface area contributed by atoms with E-state index in [4.69, 9.17) is 10.8 Å². The molecular weight excluding hydrogens is 404 g/mol. The van der Waals surface area contributed by atoms with Crippen LogP contribution in [0.2, 0.25) is 0 Å². The molecule has 2 heterocycles. The molecule has 0 fully saturated rings. The van der Waals surface area contributed by atoms with Crippen LogP contribution < -0.4 is 16.6 Å². The van der Waals surface area contributed by atoms with Crippen molar-refractivity contribution in [3.63, 3.8) is 0 Å². The second-order valence-corrected chi connectivity index (χ2v) is 7.39. The summed E-state index contributed by atoms with van der Waals surface area (Å²) in [5.74, 6) is -0.0197. The molecule has 3 rings (SSSR count). The number of hydrogen-bond acceptors (Lipinski definition) is 10. The predicted octanol–water partition coefficient (Wildman–Crippen LogP) is -0.606. The minimum Gasteiger partial charge on any atom is -0.394 e. The number of aromatic nitrogens is 4. The van der Waals surface area contributed by atoms with Gasteiger partial charge in [0.25, 0.3) is 5.56 Å². The average Bonchev–Trinajstić information content (AvgIpc) is 2.73. The van der Waals surface area contributed by atoms with E-state index in [0.29, 0.717) is 11.4 Å². The molecule has 1 aromatic carbocycles. The fourth-order valence-corrected chi connectivity index (χ4v) is 3.26. The maximum absolute atomic E-state index is 12.1. The number of nitrogens with zero attached hydrogens (tertiary/aromatic N) is 3. The van der Waals surface area contributed by atoms with Gasteiger partial charge in [-0.2, -0.15) is 4.98 Å². The van der Waals surface area contributed by atoms with Gasteiger partial charge in [0.2, 0.25) is 5.95 Å². The highest BCUT2D eigenvalue weighted by Gasteiger charge is 2.24. The van der Waals surface area contributed by atoms with Crippen LogP contribution in [0.5, 0.6) is 0 Å². The number of fused-ring (bicyclic) bond motifs is 1. The van der Waals surface area contributed by atoms with Gasteiger partial charge in [-0.05, 0) is 31.5 Å². The third-order valence-electron chi connectivity index (χ3n) is 4.94. The van der Waals surface area contributed by atoms with Crippen molar-refractivity contribution in [1.29, 1.82) is 0 Å². The highest BCUT2D eigenvalue weighted by Crippen LogP contribution is 2.22. The third-order valence-corrected chi connectivity index (χ3v) is 4.94. The zero-order valence-electron chi connectivity index (χ0n) is 17.1. The second kappa shape index (κ2) is 9.35. The zero-order valence-corrected chi connectivity index (χ0v) is 17.1. The summed E-state index contributed by atoms with van der Waals surface area (Å²) in [6.07, 6.45) is -3.94. The van der Waals surface area contributed by atoms with Crippen LogP contribution in [-0.4, -0.2) is 65.3 Å². The number of H-pyrrole nitrogens is 1. The molecule has 0 saturated carbocycles. The smallest absolute Gasteiger partial charge is 0.280 e. The molecule has 11 nitrogen and oxygen atoms in total. The van der Waals surface area contributed by atoms with Gasteiger partial charge in [-0.25, -0.2) is 9.97 Å². The lowest BCUT2D eigenvalue weighted by atomic mass is 10.0. The standard InChI is InChI=1S/C20H26N6O5/c1-9(15-10(2)23-18-16(24-15)19(31)26-20(21)25-18)22-12-5-3-11(4-6-12)7-13(28)17(30)14(29)8-27/h3-6,9,13-14,17,22,27-30H,7-8H2,1-2H3,(H3,21,23,25,26,31)/t9?,13-,14+,17-/m0/s1. The molecule has 4 atom stereocenters. The van der Waals surface area contributed by atoms with Crippen LogP contribution in [0.25, 0.3) is 11.2 Å². The molecule has 11 heteroatoms. The van der Waals surface area contributed by atoms with Gasteiger partial charge >= 0.3 is 0 Å². The van der Waals surface area contributed by atoms with E-state index in [2.05, 4.69) is 25.3 Å². The summed E-state index contributed by atoms with van der Waals surface area (Å²) in [5.41, 5.74) is 8.10. The fourth-order valence-electron chi connectivity index (χ4n) is 3.26. The van der Waals surface area contributed by atoms with E-state index in [1.54, 1.807) is 31.2 Å². The highest BCUT2D eigenvalue weighted by atomic mass is 16.4. The summed E-state index contributed by atoms with van der Waals surface area (Å²) in [6, 6.07) is 6.87. The van der Waals surface area contributed by atoms with Crippen LogP contribution >= 0.6 is 0 Å². The molecule has 8 N–H and O–H groups in total. The highest BCUT2D eigenvalue weighted by molar-refractivity contribution is 5.70. The van der Waals surface area contributed by atoms with Gasteiger partial charge in [-0.1, -0.05) is 12.1 Å². The first-order valence-electron chi connectivity index (χ1n) is 9.74. The first-order chi connectivity index (χ1) is 14.7. The molecule has 0 aliphatic rings. The summed E-state index contributed by atoms with van der Waals surface area (Å²) < 4.78 is 0. The van der Waals surface area contributed by atoms with E-state index in [0.717, 1.165) is 11.3 Å². The van der Waals surface area contributed by atoms with Crippen LogP contribution in [0.15, 0.2) is 29.1 Å². The third kappa shape index (κ3) is 5.14. The minimum absolute atomic E-state index is 0.0197. The van der Waals surface area contributed by atoms with Crippen LogP contribution in [-0.2, 0) is 6.42 Å². The molecule has 1 unspecified atom stereocenters. The summed E-state index contributed by atoms with van der Waals surface area (Å²) in [6.45, 7) is 3.02. The van der Waals surface area contributed by atoms with Gasteiger partial charge in [-0.3, -0.25) is 9.78 Å². The zero-order chi connectivity index (χ0) is 22.7. The monoisotopic (exact) mass is 430 g/mol. The van der Waals surface area contributed by atoms with Gasteiger partial charge in [0.05, 0.1) is 30.1 Å². The van der Waals surface area contributed by atoms with E-state index >= 15 is 0 Å². The lowest BCUT2D eigenvalue weighted by Gasteiger charge is -2.21. The first kappa shape index (κ1) is 22.6. The van der Waals surface area contributed by atoms with E-state index in [1.807, 2.05) is 6.92 Å². The molecule has 0 spiro atoms. The first-order valence-corrected chi connectivity index (χ1v) is 9.74. The maximum atomic E-state index is 12.1. The Morgan fingerprint density at radius 3 is 2.42 bits per heavy atom. The summed E-state index contributed by atoms with van der Waals surface area (Å²) >= 11 is 0. The Morgan fingerprint density at radius 1 is 1.10 bits per heavy atom. The number of nitrogens with one attached hydrogen (secondary N) is 2. The Morgan fingerprint density at radius 2 is 1.77 bits per heavy atom. The number of nitrogen functional groups attached to an aromatic ring is 1. The minimum atomic E-state index is -1.44. The van der Waals surface area contributed by atoms with Crippen LogP contribution in [0.1, 0.15) is 29.9 Å². The predicted molar refractivity (Wildman–Crippen MR) is 114 cm³/mol. The molecule has 0 saturated heterocycles. The quantitative estimate of drug-likeness (QED) is 0.243. The molecular formula is C20H26N6O5. The van der Waals surface area contributed by atoms with Crippen molar-refractivity contribution in [2.75, 3.05) is 17.7 Å². The van der Waals surface area contributed by atoms with Gasteiger partial charge in [0.15, 0.2) is 11.2 Å².